The molecule has 2 rings (SSSR count). The molecule has 0 amide bonds. The van der Waals surface area contributed by atoms with Crippen LogP contribution in [0.5, 0.6) is 0 Å². The van der Waals surface area contributed by atoms with Gasteiger partial charge in [-0.3, -0.25) is 0 Å². The van der Waals surface area contributed by atoms with E-state index < -0.39 is 0 Å². The second-order valence-electron chi connectivity index (χ2n) is 5.69. The van der Waals surface area contributed by atoms with Gasteiger partial charge in [0.05, 0.1) is 12.2 Å². The first-order chi connectivity index (χ1) is 9.15. The van der Waals surface area contributed by atoms with Crippen molar-refractivity contribution in [2.75, 3.05) is 0 Å². The van der Waals surface area contributed by atoms with Gasteiger partial charge in [-0.25, -0.2) is 0 Å². The molecule has 2 aliphatic rings. The number of allylic oxidation sites excluding steroid dienone is 2. The van der Waals surface area contributed by atoms with Crippen LogP contribution in [0.4, 0.5) is 0 Å². The maximum absolute atomic E-state index is 6.21. The summed E-state index contributed by atoms with van der Waals surface area (Å²) in [5.41, 5.74) is 0. The smallest absolute Gasteiger partial charge is 0.0702 e. The summed E-state index contributed by atoms with van der Waals surface area (Å²) in [5, 5.41) is 0. The van der Waals surface area contributed by atoms with Crippen molar-refractivity contribution in [3.05, 3.63) is 12.2 Å². The van der Waals surface area contributed by atoms with Gasteiger partial charge in [0, 0.05) is 9.65 Å². The average molecular weight is 390 g/mol. The first-order valence-electron chi connectivity index (χ1n) is 7.20. The summed E-state index contributed by atoms with van der Waals surface area (Å²) in [6.07, 6.45) is 15.9. The zero-order valence-corrected chi connectivity index (χ0v) is 14.6. The molecule has 0 aromatic rings. The number of hydrogen-bond donors (Lipinski definition) is 0. The van der Waals surface area contributed by atoms with Crippen LogP contribution in [-0.4, -0.2) is 21.9 Å². The molecule has 1 saturated heterocycles. The Morgan fingerprint density at radius 3 is 2.68 bits per heavy atom. The zero-order chi connectivity index (χ0) is 13.8. The minimum Gasteiger partial charge on any atom is -0.374 e. The Morgan fingerprint density at radius 2 is 2.05 bits per heavy atom. The van der Waals surface area contributed by atoms with Crippen molar-refractivity contribution >= 4 is 31.9 Å². The number of hydrogen-bond acceptors (Lipinski definition) is 1. The predicted octanol–water partition coefficient (Wildman–Crippen LogP) is 4.69. The van der Waals surface area contributed by atoms with Crippen LogP contribution in [0.2, 0.25) is 0 Å². The average Bonchev–Trinajstić information content (AvgIpc) is 2.93. The summed E-state index contributed by atoms with van der Waals surface area (Å²) in [4.78, 5) is 1.15. The molecule has 1 saturated carbocycles. The van der Waals surface area contributed by atoms with Crippen LogP contribution in [0, 0.1) is 24.2 Å². The zero-order valence-electron chi connectivity index (χ0n) is 11.4. The first-order valence-corrected chi connectivity index (χ1v) is 9.03. The maximum atomic E-state index is 6.21. The molecule has 1 heterocycles. The molecule has 0 radical (unpaired) electrons. The van der Waals surface area contributed by atoms with E-state index in [0.717, 1.165) is 19.3 Å². The predicted molar refractivity (Wildman–Crippen MR) is 87.8 cm³/mol. The van der Waals surface area contributed by atoms with E-state index in [2.05, 4.69) is 50.8 Å². The lowest BCUT2D eigenvalue weighted by molar-refractivity contribution is 0.0110. The Bertz CT molecular complexity index is 360. The third-order valence-corrected chi connectivity index (χ3v) is 6.52. The van der Waals surface area contributed by atoms with E-state index >= 15 is 0 Å². The van der Waals surface area contributed by atoms with Gasteiger partial charge in [0.1, 0.15) is 0 Å². The van der Waals surface area contributed by atoms with E-state index in [0.29, 0.717) is 33.7 Å². The number of alkyl halides is 2. The fraction of sp³-hybridized carbons (Fsp3) is 0.750. The van der Waals surface area contributed by atoms with Gasteiger partial charge in [0.25, 0.3) is 0 Å². The molecule has 6 atom stereocenters. The molecule has 1 aliphatic carbocycles. The highest BCUT2D eigenvalue weighted by atomic mass is 79.9. The Labute approximate surface area is 133 Å². The first kappa shape index (κ1) is 15.6. The Balaban J connectivity index is 1.87. The third kappa shape index (κ3) is 3.86. The molecular formula is C16H22Br2O. The van der Waals surface area contributed by atoms with E-state index in [9.17, 15) is 0 Å². The number of ether oxygens (including phenoxy) is 1. The molecule has 0 unspecified atom stereocenters. The monoisotopic (exact) mass is 388 g/mol. The fourth-order valence-electron chi connectivity index (χ4n) is 3.37. The minimum absolute atomic E-state index is 0.402. The second-order valence-corrected chi connectivity index (χ2v) is 8.04. The van der Waals surface area contributed by atoms with Gasteiger partial charge >= 0.3 is 0 Å². The van der Waals surface area contributed by atoms with Crippen LogP contribution in [-0.2, 0) is 4.74 Å². The van der Waals surface area contributed by atoms with Gasteiger partial charge in [-0.05, 0) is 50.0 Å². The third-order valence-electron chi connectivity index (χ3n) is 4.44. The van der Waals surface area contributed by atoms with Crippen LogP contribution in [0.1, 0.15) is 39.0 Å². The van der Waals surface area contributed by atoms with Gasteiger partial charge in [0.2, 0.25) is 0 Å². The second kappa shape index (κ2) is 7.29. The summed E-state index contributed by atoms with van der Waals surface area (Å²) in [6, 6.07) is 0. The fourth-order valence-corrected chi connectivity index (χ4v) is 5.15. The van der Waals surface area contributed by atoms with Crippen LogP contribution >= 0.6 is 31.9 Å². The summed E-state index contributed by atoms with van der Waals surface area (Å²) in [5.74, 6) is 3.97. The summed E-state index contributed by atoms with van der Waals surface area (Å²) >= 11 is 7.60. The molecular weight excluding hydrogens is 368 g/mol. The highest BCUT2D eigenvalue weighted by molar-refractivity contribution is 9.09. The van der Waals surface area contributed by atoms with E-state index in [-0.39, 0.29) is 0 Å². The van der Waals surface area contributed by atoms with E-state index in [1.165, 1.54) is 12.8 Å². The van der Waals surface area contributed by atoms with E-state index in [1.54, 1.807) is 0 Å². The largest absolute Gasteiger partial charge is 0.374 e. The van der Waals surface area contributed by atoms with E-state index in [1.807, 2.05) is 6.08 Å². The van der Waals surface area contributed by atoms with Crippen molar-refractivity contribution in [1.82, 2.24) is 0 Å². The maximum Gasteiger partial charge on any atom is 0.0702 e. The highest BCUT2D eigenvalue weighted by Crippen LogP contribution is 2.44. The van der Waals surface area contributed by atoms with Crippen molar-refractivity contribution in [2.45, 2.75) is 60.9 Å². The molecule has 0 N–H and O–H groups in total. The number of halogens is 2. The summed E-state index contributed by atoms with van der Waals surface area (Å²) in [7, 11) is 0. The highest BCUT2D eigenvalue weighted by Gasteiger charge is 2.42. The summed E-state index contributed by atoms with van der Waals surface area (Å²) < 4.78 is 6.21. The Kier molecular flexibility index (Phi) is 5.99. The molecule has 1 nitrogen and oxygen atoms in total. The van der Waals surface area contributed by atoms with E-state index in [4.69, 9.17) is 11.2 Å². The lowest BCUT2D eigenvalue weighted by Gasteiger charge is -2.19. The minimum atomic E-state index is 0.402. The van der Waals surface area contributed by atoms with Crippen molar-refractivity contribution < 1.29 is 4.74 Å². The molecule has 0 bridgehead atoms. The van der Waals surface area contributed by atoms with Crippen LogP contribution in [0.15, 0.2) is 12.2 Å². The quantitative estimate of drug-likeness (QED) is 0.500. The molecule has 1 aliphatic heterocycles. The standard InChI is InChI=1S/C16H22Br2O/c1-3-5-6-7-11-8-12(9-13(11)17)16-10-14(18)15(4-2)19-16/h1,5-6,11-16H,4,7-10H2,2H3/t11-,12-,13-,14+,15-,16-/m0/s1. The van der Waals surface area contributed by atoms with Crippen molar-refractivity contribution in [2.24, 2.45) is 11.8 Å². The van der Waals surface area contributed by atoms with Crippen LogP contribution in [0.25, 0.3) is 0 Å². The Morgan fingerprint density at radius 1 is 1.26 bits per heavy atom. The number of rotatable bonds is 4. The van der Waals surface area contributed by atoms with Crippen LogP contribution < -0.4 is 0 Å². The molecule has 0 aromatic heterocycles. The molecule has 19 heavy (non-hydrogen) atoms. The number of terminal acetylenes is 1. The Hall–Kier alpha value is 0.220. The van der Waals surface area contributed by atoms with Gasteiger partial charge in [-0.15, -0.1) is 6.42 Å². The molecule has 0 spiro atoms. The van der Waals surface area contributed by atoms with Gasteiger partial charge in [0.15, 0.2) is 0 Å². The lowest BCUT2D eigenvalue weighted by atomic mass is 9.95. The summed E-state index contributed by atoms with van der Waals surface area (Å²) in [6.45, 7) is 2.21. The molecule has 2 fully saturated rings. The topological polar surface area (TPSA) is 9.23 Å². The van der Waals surface area contributed by atoms with Crippen LogP contribution in [0.3, 0.4) is 0 Å². The van der Waals surface area contributed by atoms with Crippen molar-refractivity contribution in [3.63, 3.8) is 0 Å². The van der Waals surface area contributed by atoms with Crippen molar-refractivity contribution in [1.29, 1.82) is 0 Å². The normalized spacial score (nSPS) is 42.8. The van der Waals surface area contributed by atoms with Gasteiger partial charge in [-0.2, -0.15) is 0 Å². The SMILES string of the molecule is C#CC=CC[C@H]1C[C@H]([C@@H]2C[C@@H](Br)[C@H](CC)O2)C[C@@H]1Br. The molecule has 106 valence electrons. The van der Waals surface area contributed by atoms with Crippen molar-refractivity contribution in [3.8, 4) is 12.3 Å². The molecule has 0 aromatic carbocycles. The van der Waals surface area contributed by atoms with Gasteiger partial charge < -0.3 is 4.74 Å². The molecule has 3 heteroatoms. The lowest BCUT2D eigenvalue weighted by Crippen LogP contribution is -2.19. The van der Waals surface area contributed by atoms with Gasteiger partial charge in [-0.1, -0.05) is 50.8 Å².